The van der Waals surface area contributed by atoms with E-state index in [-0.39, 0.29) is 14.9 Å². The number of nitrogens with zero attached hydrogens (tertiary/aromatic N) is 2. The molecule has 0 radical (unpaired) electrons. The van der Waals surface area contributed by atoms with Gasteiger partial charge in [-0.3, -0.25) is 4.79 Å². The summed E-state index contributed by atoms with van der Waals surface area (Å²) in [6, 6.07) is 5.43. The lowest BCUT2D eigenvalue weighted by Gasteiger charge is -2.21. The zero-order chi connectivity index (χ0) is 17.3. The van der Waals surface area contributed by atoms with Gasteiger partial charge in [0.25, 0.3) is 0 Å². The first-order valence-corrected chi connectivity index (χ1v) is 9.13. The number of hydrazone groups is 1. The van der Waals surface area contributed by atoms with Crippen LogP contribution in [-0.4, -0.2) is 33.6 Å². The van der Waals surface area contributed by atoms with Crippen LogP contribution in [0.4, 0.5) is 5.69 Å². The number of alkyl halides is 2. The highest BCUT2D eigenvalue weighted by Gasteiger charge is 2.66. The topological polar surface area (TPSA) is 64.9 Å². The summed E-state index contributed by atoms with van der Waals surface area (Å²) in [5, 5.41) is 14.1. The van der Waals surface area contributed by atoms with Gasteiger partial charge in [-0.25, -0.2) is 5.43 Å². The molecule has 1 aliphatic rings. The minimum Gasteiger partial charge on any atom is -0.507 e. The number of anilines is 1. The minimum absolute atomic E-state index is 0.139. The fourth-order valence-corrected chi connectivity index (χ4v) is 3.84. The lowest BCUT2D eigenvalue weighted by molar-refractivity contribution is -0.125. The van der Waals surface area contributed by atoms with Crippen LogP contribution in [0.15, 0.2) is 23.3 Å². The number of amides is 1. The van der Waals surface area contributed by atoms with Gasteiger partial charge in [-0.1, -0.05) is 31.9 Å². The van der Waals surface area contributed by atoms with Crippen LogP contribution in [0.1, 0.15) is 32.8 Å². The van der Waals surface area contributed by atoms with Crippen molar-refractivity contribution in [1.82, 2.24) is 5.43 Å². The summed E-state index contributed by atoms with van der Waals surface area (Å²) in [5.41, 5.74) is 3.53. The minimum atomic E-state index is -0.515. The first-order chi connectivity index (χ1) is 10.7. The highest BCUT2D eigenvalue weighted by molar-refractivity contribution is 9.25. The van der Waals surface area contributed by atoms with E-state index in [1.54, 1.807) is 12.1 Å². The van der Waals surface area contributed by atoms with Crippen LogP contribution in [0.2, 0.25) is 0 Å². The van der Waals surface area contributed by atoms with E-state index >= 15 is 0 Å². The molecule has 1 aromatic rings. The number of benzene rings is 1. The Labute approximate surface area is 153 Å². The standard InChI is InChI=1S/C16H21Br2N3O2/c1-4-21(5-2)12-7-6-11(13(22)8-12)9-19-20-14(23)15(3)10-16(15,17)18/h6-9,22H,4-5,10H2,1-3H3,(H,20,23). The lowest BCUT2D eigenvalue weighted by atomic mass is 10.1. The van der Waals surface area contributed by atoms with Gasteiger partial charge in [-0.2, -0.15) is 5.10 Å². The van der Waals surface area contributed by atoms with Crippen LogP contribution in [-0.2, 0) is 4.79 Å². The highest BCUT2D eigenvalue weighted by atomic mass is 79.9. The van der Waals surface area contributed by atoms with Crippen molar-refractivity contribution in [3.63, 3.8) is 0 Å². The van der Waals surface area contributed by atoms with Crippen LogP contribution >= 0.6 is 31.9 Å². The number of halogens is 2. The summed E-state index contributed by atoms with van der Waals surface area (Å²) in [6.07, 6.45) is 2.15. The number of hydrogen-bond acceptors (Lipinski definition) is 4. The van der Waals surface area contributed by atoms with Gasteiger partial charge in [0.05, 0.1) is 14.9 Å². The molecule has 1 saturated carbocycles. The Morgan fingerprint density at radius 1 is 1.43 bits per heavy atom. The van der Waals surface area contributed by atoms with E-state index in [9.17, 15) is 9.90 Å². The van der Waals surface area contributed by atoms with Gasteiger partial charge >= 0.3 is 0 Å². The van der Waals surface area contributed by atoms with Gasteiger partial charge in [0, 0.05) is 30.4 Å². The van der Waals surface area contributed by atoms with E-state index in [0.29, 0.717) is 12.0 Å². The fourth-order valence-electron chi connectivity index (χ4n) is 2.36. The maximum Gasteiger partial charge on any atom is 0.248 e. The number of hydrogen-bond donors (Lipinski definition) is 2. The molecular formula is C16H21Br2N3O2. The van der Waals surface area contributed by atoms with Gasteiger partial charge in [0.2, 0.25) is 5.91 Å². The zero-order valence-corrected chi connectivity index (χ0v) is 16.6. The Morgan fingerprint density at radius 2 is 2.04 bits per heavy atom. The van der Waals surface area contributed by atoms with Crippen molar-refractivity contribution in [2.75, 3.05) is 18.0 Å². The molecule has 0 aromatic heterocycles. The molecule has 1 atom stereocenters. The first-order valence-electron chi connectivity index (χ1n) is 7.54. The molecule has 0 bridgehead atoms. The molecule has 0 heterocycles. The molecule has 0 spiro atoms. The summed E-state index contributed by atoms with van der Waals surface area (Å²) < 4.78 is -0.347. The predicted molar refractivity (Wildman–Crippen MR) is 101 cm³/mol. The van der Waals surface area contributed by atoms with E-state index in [2.05, 4.69) is 61.1 Å². The van der Waals surface area contributed by atoms with Crippen LogP contribution in [0.3, 0.4) is 0 Å². The molecule has 2 rings (SSSR count). The quantitative estimate of drug-likeness (QED) is 0.398. The van der Waals surface area contributed by atoms with Gasteiger partial charge in [-0.15, -0.1) is 0 Å². The Morgan fingerprint density at radius 3 is 2.52 bits per heavy atom. The molecule has 7 heteroatoms. The molecule has 0 saturated heterocycles. The van der Waals surface area contributed by atoms with Crippen molar-refractivity contribution in [3.8, 4) is 5.75 Å². The van der Waals surface area contributed by atoms with E-state index in [1.807, 2.05) is 13.0 Å². The number of phenols is 1. The number of carbonyl (C=O) groups excluding carboxylic acids is 1. The molecule has 2 N–H and O–H groups in total. The summed E-state index contributed by atoms with van der Waals surface area (Å²) in [6.45, 7) is 7.74. The Bertz CT molecular complexity index is 630. The molecule has 1 aliphatic carbocycles. The lowest BCUT2D eigenvalue weighted by Crippen LogP contribution is -2.29. The average Bonchev–Trinajstić information content (AvgIpc) is 3.02. The van der Waals surface area contributed by atoms with Crippen molar-refractivity contribution in [3.05, 3.63) is 23.8 Å². The second kappa shape index (κ2) is 6.81. The molecule has 1 amide bonds. The average molecular weight is 447 g/mol. The van der Waals surface area contributed by atoms with E-state index in [1.165, 1.54) is 6.21 Å². The second-order valence-electron chi connectivity index (χ2n) is 5.83. The molecule has 0 aliphatic heterocycles. The molecule has 23 heavy (non-hydrogen) atoms. The number of nitrogens with one attached hydrogen (secondary N) is 1. The SMILES string of the molecule is CCN(CC)c1ccc(C=NNC(=O)C2(C)CC2(Br)Br)c(O)c1. The number of aromatic hydroxyl groups is 1. The van der Waals surface area contributed by atoms with Crippen molar-refractivity contribution < 1.29 is 9.90 Å². The van der Waals surface area contributed by atoms with Crippen LogP contribution in [0, 0.1) is 5.41 Å². The second-order valence-corrected chi connectivity index (χ2v) is 9.60. The highest BCUT2D eigenvalue weighted by Crippen LogP contribution is 2.66. The van der Waals surface area contributed by atoms with Crippen LogP contribution in [0.25, 0.3) is 0 Å². The first kappa shape index (κ1) is 18.3. The molecule has 126 valence electrons. The van der Waals surface area contributed by atoms with Crippen LogP contribution < -0.4 is 10.3 Å². The van der Waals surface area contributed by atoms with Crippen molar-refractivity contribution in [2.24, 2.45) is 10.5 Å². The largest absolute Gasteiger partial charge is 0.507 e. The van der Waals surface area contributed by atoms with Gasteiger partial charge < -0.3 is 10.0 Å². The third-order valence-corrected chi connectivity index (χ3v) is 6.58. The zero-order valence-electron chi connectivity index (χ0n) is 13.4. The third kappa shape index (κ3) is 3.71. The normalized spacial score (nSPS) is 22.1. The van der Waals surface area contributed by atoms with E-state index < -0.39 is 5.41 Å². The van der Waals surface area contributed by atoms with Crippen LogP contribution in [0.5, 0.6) is 5.75 Å². The van der Waals surface area contributed by atoms with Gasteiger partial charge in [0.15, 0.2) is 0 Å². The fraction of sp³-hybridized carbons (Fsp3) is 0.500. The summed E-state index contributed by atoms with van der Waals surface area (Å²) >= 11 is 6.90. The number of phenolic OH excluding ortho intramolecular Hbond substituents is 1. The molecule has 5 nitrogen and oxygen atoms in total. The Hall–Kier alpha value is -1.08. The van der Waals surface area contributed by atoms with Crippen molar-refractivity contribution >= 4 is 49.7 Å². The van der Waals surface area contributed by atoms with E-state index in [0.717, 1.165) is 18.8 Å². The smallest absolute Gasteiger partial charge is 0.248 e. The monoisotopic (exact) mass is 445 g/mol. The van der Waals surface area contributed by atoms with E-state index in [4.69, 9.17) is 0 Å². The third-order valence-electron chi connectivity index (χ3n) is 4.27. The summed E-state index contributed by atoms with van der Waals surface area (Å²) in [7, 11) is 0. The predicted octanol–water partition coefficient (Wildman–Crippen LogP) is 3.58. The number of carbonyl (C=O) groups is 1. The molecule has 1 aromatic carbocycles. The maximum absolute atomic E-state index is 12.1. The Kier molecular flexibility index (Phi) is 5.41. The molecule has 1 unspecified atom stereocenters. The summed E-state index contributed by atoms with van der Waals surface area (Å²) in [5.74, 6) is -0.0258. The summed E-state index contributed by atoms with van der Waals surface area (Å²) in [4.78, 5) is 14.2. The van der Waals surface area contributed by atoms with Gasteiger partial charge in [0.1, 0.15) is 5.75 Å². The van der Waals surface area contributed by atoms with Gasteiger partial charge in [-0.05, 0) is 39.3 Å². The Balaban J connectivity index is 2.02. The molecule has 1 fully saturated rings. The van der Waals surface area contributed by atoms with Crippen molar-refractivity contribution in [1.29, 1.82) is 0 Å². The van der Waals surface area contributed by atoms with Crippen molar-refractivity contribution in [2.45, 2.75) is 30.4 Å². The molecular weight excluding hydrogens is 426 g/mol. The number of rotatable bonds is 6. The maximum atomic E-state index is 12.1.